The maximum Gasteiger partial charge on any atom is 0.397 e. The van der Waals surface area contributed by atoms with Crippen molar-refractivity contribution in [1.29, 1.82) is 0 Å². The zero-order chi connectivity index (χ0) is 20.9. The molecule has 7 unspecified atom stereocenters. The lowest BCUT2D eigenvalue weighted by Gasteiger charge is -2.37. The number of carboxylic acid groups (broad SMARTS) is 1. The van der Waals surface area contributed by atoms with Gasteiger partial charge in [-0.3, -0.25) is 4.55 Å². The Morgan fingerprint density at radius 3 is 2.44 bits per heavy atom. The van der Waals surface area contributed by atoms with E-state index in [1.807, 2.05) is 0 Å². The first-order valence-corrected chi connectivity index (χ1v) is 8.56. The zero-order valence-electron chi connectivity index (χ0n) is 13.4. The lowest BCUT2D eigenvalue weighted by Crippen LogP contribution is -2.56. The molecule has 0 amide bonds. The van der Waals surface area contributed by atoms with Crippen LogP contribution in [0.25, 0.3) is 0 Å². The molecule has 14 nitrogen and oxygen atoms in total. The largest absolute Gasteiger partial charge is 0.475 e. The van der Waals surface area contributed by atoms with E-state index < -0.39 is 71.6 Å². The lowest BCUT2D eigenvalue weighted by atomic mass is 10.0. The van der Waals surface area contributed by atoms with Crippen LogP contribution in [0.3, 0.4) is 0 Å². The van der Waals surface area contributed by atoms with Gasteiger partial charge in [-0.05, 0) is 6.08 Å². The molecule has 1 aliphatic heterocycles. The third kappa shape index (κ3) is 6.45. The fraction of sp³-hybridized carbons (Fsp3) is 0.667. The number of hydrogen-bond acceptors (Lipinski definition) is 12. The number of aliphatic carboxylic acids is 1. The zero-order valence-corrected chi connectivity index (χ0v) is 14.2. The monoisotopic (exact) mass is 417 g/mol. The summed E-state index contributed by atoms with van der Waals surface area (Å²) in [6, 6.07) is -1.62. The third-order valence-electron chi connectivity index (χ3n) is 3.36. The van der Waals surface area contributed by atoms with Gasteiger partial charge in [0.1, 0.15) is 30.7 Å². The smallest absolute Gasteiger partial charge is 0.397 e. The van der Waals surface area contributed by atoms with Crippen LogP contribution in [-0.4, -0.2) is 100 Å². The van der Waals surface area contributed by atoms with Crippen molar-refractivity contribution in [3.8, 4) is 0 Å². The van der Waals surface area contributed by atoms with Crippen molar-refractivity contribution in [3.63, 3.8) is 0 Å². The van der Waals surface area contributed by atoms with Crippen LogP contribution in [0.2, 0.25) is 0 Å². The van der Waals surface area contributed by atoms with Gasteiger partial charge in [0.05, 0.1) is 12.6 Å². The highest BCUT2D eigenvalue weighted by molar-refractivity contribution is 7.80. The molecular weight excluding hydrogens is 398 g/mol. The first-order valence-electron chi connectivity index (χ1n) is 7.20. The molecule has 1 heterocycles. The normalized spacial score (nSPS) is 27.6. The van der Waals surface area contributed by atoms with E-state index in [4.69, 9.17) is 30.0 Å². The standard InChI is InChI=1S/C12H19NO13S/c13-4(2-14)8(18)9(6(17)3-15)25-12-10(26-27(21,22)23)5(16)1-7(24-12)11(19)20/h1-2,4-6,8-10,12,15-18H,3,13H2,(H,19,20)(H,21,22,23). The number of nitrogens with two attached hydrogens (primary N) is 1. The van der Waals surface area contributed by atoms with Crippen molar-refractivity contribution in [2.45, 2.75) is 42.9 Å². The maximum atomic E-state index is 11.0. The predicted molar refractivity (Wildman–Crippen MR) is 81.0 cm³/mol. The maximum absolute atomic E-state index is 11.0. The Bertz CT molecular complexity index is 664. The summed E-state index contributed by atoms with van der Waals surface area (Å²) in [4.78, 5) is 21.7. The third-order valence-corrected chi connectivity index (χ3v) is 3.82. The van der Waals surface area contributed by atoms with E-state index in [1.165, 1.54) is 0 Å². The number of carbonyl (C=O) groups excluding carboxylic acids is 1. The Hall–Kier alpha value is -1.69. The molecule has 0 aliphatic carbocycles. The van der Waals surface area contributed by atoms with Crippen LogP contribution >= 0.6 is 0 Å². The highest BCUT2D eigenvalue weighted by Gasteiger charge is 2.44. The number of rotatable bonds is 10. The molecule has 27 heavy (non-hydrogen) atoms. The molecule has 0 fully saturated rings. The Kier molecular flexibility index (Phi) is 8.21. The Morgan fingerprint density at radius 1 is 1.41 bits per heavy atom. The molecule has 0 saturated carbocycles. The Morgan fingerprint density at radius 2 is 2.00 bits per heavy atom. The van der Waals surface area contributed by atoms with Crippen molar-refractivity contribution in [3.05, 3.63) is 11.8 Å². The van der Waals surface area contributed by atoms with Crippen molar-refractivity contribution in [1.82, 2.24) is 0 Å². The second-order valence-electron chi connectivity index (χ2n) is 5.36. The molecule has 0 aromatic carbocycles. The van der Waals surface area contributed by atoms with Gasteiger partial charge < -0.3 is 45.5 Å². The van der Waals surface area contributed by atoms with Crippen molar-refractivity contribution in [2.75, 3.05) is 6.61 Å². The number of aliphatic hydroxyl groups excluding tert-OH is 4. The number of aldehydes is 1. The van der Waals surface area contributed by atoms with Gasteiger partial charge in [0.2, 0.25) is 12.0 Å². The van der Waals surface area contributed by atoms with Gasteiger partial charge in [-0.2, -0.15) is 8.42 Å². The number of aliphatic hydroxyl groups is 4. The van der Waals surface area contributed by atoms with E-state index in [2.05, 4.69) is 4.18 Å². The van der Waals surface area contributed by atoms with Gasteiger partial charge in [-0.25, -0.2) is 8.98 Å². The van der Waals surface area contributed by atoms with E-state index in [0.29, 0.717) is 6.08 Å². The van der Waals surface area contributed by atoms with Crippen LogP contribution < -0.4 is 5.73 Å². The van der Waals surface area contributed by atoms with Crippen molar-refractivity contribution < 1.29 is 61.7 Å². The molecule has 1 aliphatic rings. The lowest BCUT2D eigenvalue weighted by molar-refractivity contribution is -0.251. The molecule has 15 heteroatoms. The summed E-state index contributed by atoms with van der Waals surface area (Å²) >= 11 is 0. The summed E-state index contributed by atoms with van der Waals surface area (Å²) in [6.45, 7) is -1.02. The minimum absolute atomic E-state index is 0.0798. The van der Waals surface area contributed by atoms with E-state index in [9.17, 15) is 33.3 Å². The molecule has 1 rings (SSSR count). The predicted octanol–water partition coefficient (Wildman–Crippen LogP) is -4.51. The molecule has 0 radical (unpaired) electrons. The van der Waals surface area contributed by atoms with Gasteiger partial charge in [-0.15, -0.1) is 0 Å². The molecular formula is C12H19NO13S. The van der Waals surface area contributed by atoms with E-state index in [1.54, 1.807) is 0 Å². The van der Waals surface area contributed by atoms with Crippen LogP contribution in [0, 0.1) is 0 Å². The van der Waals surface area contributed by atoms with E-state index >= 15 is 0 Å². The summed E-state index contributed by atoms with van der Waals surface area (Å²) < 4.78 is 44.7. The van der Waals surface area contributed by atoms with Gasteiger partial charge in [-0.1, -0.05) is 0 Å². The van der Waals surface area contributed by atoms with Crippen molar-refractivity contribution >= 4 is 22.7 Å². The molecule has 0 spiro atoms. The first-order chi connectivity index (χ1) is 12.4. The van der Waals surface area contributed by atoms with Crippen LogP contribution in [0.5, 0.6) is 0 Å². The molecule has 7 atom stereocenters. The average Bonchev–Trinajstić information content (AvgIpc) is 2.58. The van der Waals surface area contributed by atoms with Crippen LogP contribution in [0.15, 0.2) is 11.8 Å². The molecule has 8 N–H and O–H groups in total. The first kappa shape index (κ1) is 23.3. The number of carbonyl (C=O) groups is 2. The number of hydrogen-bond donors (Lipinski definition) is 7. The van der Waals surface area contributed by atoms with Gasteiger partial charge in [0.15, 0.2) is 6.10 Å². The van der Waals surface area contributed by atoms with Gasteiger partial charge in [0, 0.05) is 0 Å². The van der Waals surface area contributed by atoms with Crippen molar-refractivity contribution in [2.24, 2.45) is 5.73 Å². The summed E-state index contributed by atoms with van der Waals surface area (Å²) in [5, 5.41) is 47.6. The van der Waals surface area contributed by atoms with E-state index in [0.717, 1.165) is 0 Å². The minimum atomic E-state index is -5.18. The summed E-state index contributed by atoms with van der Waals surface area (Å²) in [5.74, 6) is -2.61. The summed E-state index contributed by atoms with van der Waals surface area (Å²) in [7, 11) is -5.18. The van der Waals surface area contributed by atoms with E-state index in [-0.39, 0.29) is 6.29 Å². The summed E-state index contributed by atoms with van der Waals surface area (Å²) in [6.07, 6.45) is -11.3. The fourth-order valence-electron chi connectivity index (χ4n) is 2.07. The number of ether oxygens (including phenoxy) is 2. The Balaban J connectivity index is 3.21. The molecule has 0 saturated heterocycles. The molecule has 0 aromatic heterocycles. The van der Waals surface area contributed by atoms with Crippen LogP contribution in [-0.2, 0) is 33.6 Å². The molecule has 156 valence electrons. The topological polar surface area (TPSA) is 243 Å². The molecule has 0 aromatic rings. The van der Waals surface area contributed by atoms with Gasteiger partial charge in [0.25, 0.3) is 0 Å². The average molecular weight is 417 g/mol. The highest BCUT2D eigenvalue weighted by Crippen LogP contribution is 2.26. The second kappa shape index (κ2) is 9.49. The highest BCUT2D eigenvalue weighted by atomic mass is 32.3. The van der Waals surface area contributed by atoms with Crippen LogP contribution in [0.4, 0.5) is 0 Å². The number of carboxylic acids is 1. The molecule has 0 bridgehead atoms. The second-order valence-corrected chi connectivity index (χ2v) is 6.40. The minimum Gasteiger partial charge on any atom is -0.475 e. The quantitative estimate of drug-likeness (QED) is 0.131. The Labute approximate surface area is 152 Å². The van der Waals surface area contributed by atoms with Gasteiger partial charge >= 0.3 is 16.4 Å². The van der Waals surface area contributed by atoms with Crippen LogP contribution in [0.1, 0.15) is 0 Å². The summed E-state index contributed by atoms with van der Waals surface area (Å²) in [5.41, 5.74) is 5.30. The fourth-order valence-corrected chi connectivity index (χ4v) is 2.55. The SMILES string of the molecule is NC(C=O)C(O)C(OC1OC(C(=O)O)=CC(O)C1OS(=O)(=O)O)C(O)CO.